The number of sulfonamides is 1. The first kappa shape index (κ1) is 19.5. The zero-order chi connectivity index (χ0) is 19.4. The van der Waals surface area contributed by atoms with E-state index in [1.54, 1.807) is 18.2 Å². The molecule has 1 aliphatic heterocycles. The quantitative estimate of drug-likeness (QED) is 0.794. The van der Waals surface area contributed by atoms with Crippen molar-refractivity contribution in [2.45, 2.75) is 19.8 Å². The number of nitrogens with one attached hydrogen (secondary N) is 1. The number of carbonyl (C=O) groups is 1. The third-order valence-electron chi connectivity index (χ3n) is 4.20. The first-order valence-corrected chi connectivity index (χ1v) is 10.7. The molecular formula is C19H21ClN2O4S. The number of nitrogens with zero attached hydrogens (tertiary/aromatic N) is 1. The minimum absolute atomic E-state index is 0.109. The van der Waals surface area contributed by atoms with E-state index in [9.17, 15) is 13.2 Å². The van der Waals surface area contributed by atoms with E-state index < -0.39 is 10.0 Å². The number of amides is 1. The van der Waals surface area contributed by atoms with Crippen LogP contribution in [0.1, 0.15) is 18.9 Å². The summed E-state index contributed by atoms with van der Waals surface area (Å²) in [6.07, 6.45) is 0.763. The van der Waals surface area contributed by atoms with E-state index in [4.69, 9.17) is 16.3 Å². The summed E-state index contributed by atoms with van der Waals surface area (Å²) < 4.78 is 31.0. The first-order valence-electron chi connectivity index (χ1n) is 8.70. The van der Waals surface area contributed by atoms with Crippen molar-refractivity contribution in [3.63, 3.8) is 0 Å². The van der Waals surface area contributed by atoms with Crippen LogP contribution in [0.3, 0.4) is 0 Å². The van der Waals surface area contributed by atoms with Crippen molar-refractivity contribution >= 4 is 38.9 Å². The Morgan fingerprint density at radius 1 is 1.22 bits per heavy atom. The van der Waals surface area contributed by atoms with Gasteiger partial charge in [0.1, 0.15) is 5.75 Å². The number of rotatable bonds is 6. The van der Waals surface area contributed by atoms with Gasteiger partial charge in [0.15, 0.2) is 0 Å². The molecule has 3 rings (SSSR count). The van der Waals surface area contributed by atoms with Crippen LogP contribution in [-0.4, -0.2) is 33.2 Å². The summed E-state index contributed by atoms with van der Waals surface area (Å²) in [6, 6.07) is 12.2. The van der Waals surface area contributed by atoms with Gasteiger partial charge in [-0.25, -0.2) is 8.42 Å². The monoisotopic (exact) mass is 408 g/mol. The second kappa shape index (κ2) is 8.19. The van der Waals surface area contributed by atoms with E-state index in [0.717, 1.165) is 11.3 Å². The van der Waals surface area contributed by atoms with Crippen molar-refractivity contribution in [3.8, 4) is 5.75 Å². The van der Waals surface area contributed by atoms with Gasteiger partial charge in [-0.3, -0.25) is 9.10 Å². The molecule has 1 heterocycles. The predicted molar refractivity (Wildman–Crippen MR) is 107 cm³/mol. The molecule has 0 bridgehead atoms. The topological polar surface area (TPSA) is 75.7 Å². The van der Waals surface area contributed by atoms with Gasteiger partial charge in [0.05, 0.1) is 29.5 Å². The normalized spacial score (nSPS) is 15.6. The molecule has 2 aromatic rings. The highest BCUT2D eigenvalue weighted by molar-refractivity contribution is 7.93. The molecule has 0 spiro atoms. The molecule has 1 amide bonds. The van der Waals surface area contributed by atoms with E-state index in [1.807, 2.05) is 31.2 Å². The molecule has 6 nitrogen and oxygen atoms in total. The fourth-order valence-corrected chi connectivity index (χ4v) is 4.79. The van der Waals surface area contributed by atoms with Gasteiger partial charge in [0, 0.05) is 12.2 Å². The second-order valence-corrected chi connectivity index (χ2v) is 8.63. The minimum atomic E-state index is -3.34. The standard InChI is InChI=1S/C19H21ClN2O4S/c1-2-26-16-7-4-14(5-8-16)12-19(23)21-15-6-9-17(20)18(13-15)22-10-3-11-27(22,24)25/h4-9,13H,2-3,10-12H2,1H3,(H,21,23). The highest BCUT2D eigenvalue weighted by atomic mass is 35.5. The lowest BCUT2D eigenvalue weighted by atomic mass is 10.1. The Kier molecular flexibility index (Phi) is 5.92. The fourth-order valence-electron chi connectivity index (χ4n) is 2.95. The van der Waals surface area contributed by atoms with Crippen LogP contribution in [0.25, 0.3) is 0 Å². The molecule has 0 aromatic heterocycles. The van der Waals surface area contributed by atoms with Crippen molar-refractivity contribution in [2.75, 3.05) is 28.5 Å². The molecule has 0 radical (unpaired) electrons. The lowest BCUT2D eigenvalue weighted by molar-refractivity contribution is -0.115. The van der Waals surface area contributed by atoms with Crippen molar-refractivity contribution in [2.24, 2.45) is 0 Å². The van der Waals surface area contributed by atoms with Crippen molar-refractivity contribution in [1.29, 1.82) is 0 Å². The SMILES string of the molecule is CCOc1ccc(CC(=O)Nc2ccc(Cl)c(N3CCCS3(=O)=O)c2)cc1. The van der Waals surface area contributed by atoms with Gasteiger partial charge in [0.25, 0.3) is 0 Å². The van der Waals surface area contributed by atoms with E-state index in [2.05, 4.69) is 5.32 Å². The van der Waals surface area contributed by atoms with Gasteiger partial charge < -0.3 is 10.1 Å². The summed E-state index contributed by atoms with van der Waals surface area (Å²) in [5.74, 6) is 0.671. The Morgan fingerprint density at radius 3 is 2.59 bits per heavy atom. The molecule has 1 saturated heterocycles. The van der Waals surface area contributed by atoms with Gasteiger partial charge in [-0.2, -0.15) is 0 Å². The third kappa shape index (κ3) is 4.73. The van der Waals surface area contributed by atoms with E-state index in [0.29, 0.717) is 36.0 Å². The summed E-state index contributed by atoms with van der Waals surface area (Å²) >= 11 is 6.18. The molecule has 27 heavy (non-hydrogen) atoms. The van der Waals surface area contributed by atoms with Gasteiger partial charge in [-0.15, -0.1) is 0 Å². The zero-order valence-electron chi connectivity index (χ0n) is 14.9. The first-order chi connectivity index (χ1) is 12.9. The molecule has 144 valence electrons. The average Bonchev–Trinajstić information content (AvgIpc) is 2.97. The highest BCUT2D eigenvalue weighted by Gasteiger charge is 2.30. The van der Waals surface area contributed by atoms with Gasteiger partial charge in [-0.1, -0.05) is 23.7 Å². The highest BCUT2D eigenvalue weighted by Crippen LogP contribution is 2.33. The maximum absolute atomic E-state index is 12.3. The maximum atomic E-state index is 12.3. The summed E-state index contributed by atoms with van der Waals surface area (Å²) in [7, 11) is -3.34. The van der Waals surface area contributed by atoms with E-state index in [-0.39, 0.29) is 18.1 Å². The summed E-state index contributed by atoms with van der Waals surface area (Å²) in [6.45, 7) is 2.90. The Bertz CT molecular complexity index is 929. The Balaban J connectivity index is 1.70. The summed E-state index contributed by atoms with van der Waals surface area (Å²) in [4.78, 5) is 12.3. The molecule has 1 fully saturated rings. The maximum Gasteiger partial charge on any atom is 0.235 e. The Labute approximate surface area is 164 Å². The van der Waals surface area contributed by atoms with E-state index >= 15 is 0 Å². The second-order valence-electron chi connectivity index (χ2n) is 6.21. The fraction of sp³-hybridized carbons (Fsp3) is 0.316. The van der Waals surface area contributed by atoms with Crippen molar-refractivity contribution < 1.29 is 17.9 Å². The molecule has 1 N–H and O–H groups in total. The number of anilines is 2. The van der Waals surface area contributed by atoms with Crippen LogP contribution in [0.5, 0.6) is 5.75 Å². The van der Waals surface area contributed by atoms with Crippen LogP contribution in [0.4, 0.5) is 11.4 Å². The Hall–Kier alpha value is -2.25. The van der Waals surface area contributed by atoms with Crippen LogP contribution in [0, 0.1) is 0 Å². The summed E-state index contributed by atoms with van der Waals surface area (Å²) in [5, 5.41) is 3.14. The lowest BCUT2D eigenvalue weighted by Gasteiger charge is -2.19. The third-order valence-corrected chi connectivity index (χ3v) is 6.37. The van der Waals surface area contributed by atoms with Gasteiger partial charge in [-0.05, 0) is 49.2 Å². The summed E-state index contributed by atoms with van der Waals surface area (Å²) in [5.41, 5.74) is 1.76. The number of halogens is 1. The molecule has 2 aromatic carbocycles. The van der Waals surface area contributed by atoms with Crippen molar-refractivity contribution in [1.82, 2.24) is 0 Å². The molecular weight excluding hydrogens is 388 g/mol. The van der Waals surface area contributed by atoms with Gasteiger partial charge in [0.2, 0.25) is 15.9 Å². The molecule has 0 aliphatic carbocycles. The molecule has 8 heteroatoms. The molecule has 0 unspecified atom stereocenters. The lowest BCUT2D eigenvalue weighted by Crippen LogP contribution is -2.25. The van der Waals surface area contributed by atoms with Crippen LogP contribution < -0.4 is 14.4 Å². The minimum Gasteiger partial charge on any atom is -0.494 e. The number of carbonyl (C=O) groups excluding carboxylic acids is 1. The number of ether oxygens (including phenoxy) is 1. The average molecular weight is 409 g/mol. The van der Waals surface area contributed by atoms with Crippen LogP contribution in [0.15, 0.2) is 42.5 Å². The van der Waals surface area contributed by atoms with Crippen LogP contribution in [-0.2, 0) is 21.2 Å². The zero-order valence-corrected chi connectivity index (χ0v) is 16.5. The molecule has 1 aliphatic rings. The molecule has 0 saturated carbocycles. The van der Waals surface area contributed by atoms with E-state index in [1.165, 1.54) is 4.31 Å². The van der Waals surface area contributed by atoms with Crippen LogP contribution in [0.2, 0.25) is 5.02 Å². The van der Waals surface area contributed by atoms with Gasteiger partial charge >= 0.3 is 0 Å². The number of hydrogen-bond donors (Lipinski definition) is 1. The predicted octanol–water partition coefficient (Wildman–Crippen LogP) is 3.46. The number of benzene rings is 2. The smallest absolute Gasteiger partial charge is 0.235 e. The largest absolute Gasteiger partial charge is 0.494 e. The van der Waals surface area contributed by atoms with Crippen LogP contribution >= 0.6 is 11.6 Å². The Morgan fingerprint density at radius 2 is 1.96 bits per heavy atom. The number of hydrogen-bond acceptors (Lipinski definition) is 4. The van der Waals surface area contributed by atoms with Crippen molar-refractivity contribution in [3.05, 3.63) is 53.1 Å². The molecule has 0 atom stereocenters.